The van der Waals surface area contributed by atoms with Crippen LogP contribution < -0.4 is 10.4 Å². The van der Waals surface area contributed by atoms with E-state index in [1.165, 1.54) is 55.6 Å². The molecule has 13 heteroatoms. The van der Waals surface area contributed by atoms with E-state index in [1.807, 2.05) is 0 Å². The molecule has 0 saturated carbocycles. The first-order chi connectivity index (χ1) is 18.2. The van der Waals surface area contributed by atoms with Crippen LogP contribution in [-0.4, -0.2) is 60.6 Å². The lowest BCUT2D eigenvalue weighted by molar-refractivity contribution is -0.0662. The normalized spacial score (nSPS) is 20.7. The summed E-state index contributed by atoms with van der Waals surface area (Å²) in [6, 6.07) is 11.9. The number of aromatic nitrogens is 2. The van der Waals surface area contributed by atoms with Crippen molar-refractivity contribution in [1.82, 2.24) is 9.55 Å². The maximum Gasteiger partial charge on any atom is 0.353 e. The minimum absolute atomic E-state index is 0.180. The molecule has 0 radical (unpaired) electrons. The Morgan fingerprint density at radius 3 is 2.11 bits per heavy atom. The number of esters is 2. The predicted octanol–water partition coefficient (Wildman–Crippen LogP) is 3.69. The summed E-state index contributed by atoms with van der Waals surface area (Å²) in [6.07, 6.45) is -3.84. The molecule has 0 N–H and O–H groups in total. The summed E-state index contributed by atoms with van der Waals surface area (Å²) in [5.41, 5.74) is -0.504. The Balaban J connectivity index is 1.62. The topological polar surface area (TPSA) is 115 Å². The lowest BCUT2D eigenvalue weighted by Crippen LogP contribution is -2.41. The highest BCUT2D eigenvalue weighted by molar-refractivity contribution is 6.31. The van der Waals surface area contributed by atoms with Gasteiger partial charge in [-0.2, -0.15) is 9.37 Å². The number of carbonyl (C=O) groups excluding carboxylic acids is 2. The van der Waals surface area contributed by atoms with E-state index >= 15 is 0 Å². The molecule has 4 rings (SSSR count). The monoisotopic (exact) mass is 566 g/mol. The zero-order valence-electron chi connectivity index (χ0n) is 20.0. The highest BCUT2D eigenvalue weighted by atomic mass is 35.5. The van der Waals surface area contributed by atoms with E-state index in [4.69, 9.17) is 46.9 Å². The van der Waals surface area contributed by atoms with Crippen LogP contribution in [0.3, 0.4) is 0 Å². The summed E-state index contributed by atoms with van der Waals surface area (Å²) >= 11 is 11.8. The molecule has 2 aromatic carbocycles. The number of hydrogen-bond donors (Lipinski definition) is 0. The van der Waals surface area contributed by atoms with Gasteiger partial charge in [0.2, 0.25) is 5.82 Å². The average molecular weight is 567 g/mol. The van der Waals surface area contributed by atoms with Crippen molar-refractivity contribution in [2.75, 3.05) is 20.8 Å². The van der Waals surface area contributed by atoms with E-state index in [9.17, 15) is 18.8 Å². The maximum atomic E-state index is 14.4. The van der Waals surface area contributed by atoms with Crippen molar-refractivity contribution in [2.24, 2.45) is 0 Å². The number of hydrogen-bond acceptors (Lipinski definition) is 9. The third-order valence-corrected chi connectivity index (χ3v) is 6.19. The molecule has 2 heterocycles. The van der Waals surface area contributed by atoms with Crippen molar-refractivity contribution >= 4 is 35.1 Å². The number of ether oxygens (including phenoxy) is 5. The Labute approximate surface area is 225 Å². The van der Waals surface area contributed by atoms with Gasteiger partial charge in [0, 0.05) is 17.2 Å². The van der Waals surface area contributed by atoms with E-state index in [0.29, 0.717) is 10.0 Å². The zero-order chi connectivity index (χ0) is 27.4. The van der Waals surface area contributed by atoms with Crippen molar-refractivity contribution in [3.05, 3.63) is 92.2 Å². The van der Waals surface area contributed by atoms with Crippen LogP contribution in [0.5, 0.6) is 5.88 Å². The third-order valence-electron chi connectivity index (χ3n) is 5.68. The first kappa shape index (κ1) is 27.5. The van der Waals surface area contributed by atoms with E-state index in [1.54, 1.807) is 0 Å². The second-order valence-corrected chi connectivity index (χ2v) is 8.91. The standard InChI is InChI=1S/C25H21Cl2FN2O8/c1-34-20-19(38-24(32)14-5-9-16(27)10-6-14)18(12-36-23(31)13-3-7-15(26)8-4-13)37-22(20)30-11-17(28)21(35-2)29-25(30)33/h3-11,18-20,22H,12H2,1-2H3/t18-,19-,20+,22-/m1/s1. The second-order valence-electron chi connectivity index (χ2n) is 8.04. The van der Waals surface area contributed by atoms with Gasteiger partial charge in [0.15, 0.2) is 12.3 Å². The van der Waals surface area contributed by atoms with Gasteiger partial charge in [-0.1, -0.05) is 23.2 Å². The molecule has 1 aliphatic heterocycles. The highest BCUT2D eigenvalue weighted by Gasteiger charge is 2.49. The van der Waals surface area contributed by atoms with Crippen LogP contribution in [0.2, 0.25) is 10.0 Å². The van der Waals surface area contributed by atoms with E-state index in [0.717, 1.165) is 17.9 Å². The molecular formula is C25H21Cl2FN2O8. The van der Waals surface area contributed by atoms with E-state index < -0.39 is 60.5 Å². The Morgan fingerprint density at radius 2 is 1.55 bits per heavy atom. The Kier molecular flexibility index (Phi) is 8.62. The molecule has 0 aliphatic carbocycles. The van der Waals surface area contributed by atoms with Crippen LogP contribution in [0.25, 0.3) is 0 Å². The largest absolute Gasteiger partial charge is 0.479 e. The Bertz CT molecular complexity index is 1370. The minimum atomic E-state index is -1.29. The van der Waals surface area contributed by atoms with Gasteiger partial charge in [-0.3, -0.25) is 4.57 Å². The molecule has 3 aromatic rings. The highest BCUT2D eigenvalue weighted by Crippen LogP contribution is 2.34. The van der Waals surface area contributed by atoms with Gasteiger partial charge in [0.25, 0.3) is 5.88 Å². The predicted molar refractivity (Wildman–Crippen MR) is 132 cm³/mol. The number of methoxy groups -OCH3 is 2. The van der Waals surface area contributed by atoms with Gasteiger partial charge in [0.05, 0.1) is 24.4 Å². The summed E-state index contributed by atoms with van der Waals surface area (Å²) in [7, 11) is 2.46. The van der Waals surface area contributed by atoms with Crippen molar-refractivity contribution in [3.63, 3.8) is 0 Å². The zero-order valence-corrected chi connectivity index (χ0v) is 21.5. The fraction of sp³-hybridized carbons (Fsp3) is 0.280. The molecule has 200 valence electrons. The van der Waals surface area contributed by atoms with Crippen LogP contribution in [0.4, 0.5) is 4.39 Å². The number of halogens is 3. The quantitative estimate of drug-likeness (QED) is 0.376. The summed E-state index contributed by atoms with van der Waals surface area (Å²) in [5, 5.41) is 0.854. The van der Waals surface area contributed by atoms with Gasteiger partial charge in [-0.15, -0.1) is 0 Å². The van der Waals surface area contributed by atoms with Crippen molar-refractivity contribution in [3.8, 4) is 5.88 Å². The van der Waals surface area contributed by atoms with Crippen LogP contribution >= 0.6 is 23.2 Å². The van der Waals surface area contributed by atoms with Crippen molar-refractivity contribution in [2.45, 2.75) is 24.5 Å². The maximum absolute atomic E-state index is 14.4. The summed E-state index contributed by atoms with van der Waals surface area (Å²) in [5.74, 6) is -2.88. The molecule has 0 unspecified atom stereocenters. The van der Waals surface area contributed by atoms with Gasteiger partial charge in [-0.25, -0.2) is 14.4 Å². The van der Waals surface area contributed by atoms with Gasteiger partial charge < -0.3 is 23.7 Å². The van der Waals surface area contributed by atoms with Crippen LogP contribution in [-0.2, 0) is 18.9 Å². The molecule has 0 spiro atoms. The molecule has 0 bridgehead atoms. The number of rotatable bonds is 8. The summed E-state index contributed by atoms with van der Waals surface area (Å²) < 4.78 is 42.5. The van der Waals surface area contributed by atoms with Gasteiger partial charge in [0.1, 0.15) is 18.8 Å². The average Bonchev–Trinajstić information content (AvgIpc) is 3.25. The molecule has 38 heavy (non-hydrogen) atoms. The lowest BCUT2D eigenvalue weighted by atomic mass is 10.1. The second kappa shape index (κ2) is 11.9. The first-order valence-corrected chi connectivity index (χ1v) is 11.9. The third kappa shape index (κ3) is 5.97. The summed E-state index contributed by atoms with van der Waals surface area (Å²) in [6.45, 7) is -0.392. The van der Waals surface area contributed by atoms with Gasteiger partial charge >= 0.3 is 17.6 Å². The smallest absolute Gasteiger partial charge is 0.353 e. The van der Waals surface area contributed by atoms with Crippen LogP contribution in [0.1, 0.15) is 26.9 Å². The fourth-order valence-electron chi connectivity index (χ4n) is 3.82. The van der Waals surface area contributed by atoms with E-state index in [-0.39, 0.29) is 11.1 Å². The SMILES string of the molecule is COc1nc(=O)n([C@@H]2O[C@H](COC(=O)c3ccc(Cl)cc3)[C@@H](OC(=O)c3ccc(Cl)cc3)[C@@H]2OC)cc1F. The van der Waals surface area contributed by atoms with E-state index in [2.05, 4.69) is 4.98 Å². The van der Waals surface area contributed by atoms with Gasteiger partial charge in [-0.05, 0) is 48.5 Å². The first-order valence-electron chi connectivity index (χ1n) is 11.1. The minimum Gasteiger partial charge on any atom is -0.479 e. The Hall–Kier alpha value is -3.51. The molecule has 1 aromatic heterocycles. The molecule has 1 fully saturated rings. The number of nitrogens with zero attached hydrogens (tertiary/aromatic N) is 2. The Morgan fingerprint density at radius 1 is 0.974 bits per heavy atom. The summed E-state index contributed by atoms with van der Waals surface area (Å²) in [4.78, 5) is 41.6. The molecule has 4 atom stereocenters. The van der Waals surface area contributed by atoms with Crippen LogP contribution in [0.15, 0.2) is 59.5 Å². The number of carbonyl (C=O) groups is 2. The van der Waals surface area contributed by atoms with Crippen molar-refractivity contribution < 1.29 is 37.7 Å². The lowest BCUT2D eigenvalue weighted by Gasteiger charge is -2.23. The van der Waals surface area contributed by atoms with Crippen LogP contribution in [0, 0.1) is 5.82 Å². The fourth-order valence-corrected chi connectivity index (χ4v) is 4.07. The molecule has 1 aliphatic rings. The molecule has 1 saturated heterocycles. The molecule has 10 nitrogen and oxygen atoms in total. The molecular weight excluding hydrogens is 546 g/mol. The number of benzene rings is 2. The van der Waals surface area contributed by atoms with Crippen molar-refractivity contribution in [1.29, 1.82) is 0 Å². The molecule has 0 amide bonds.